The number of hydrogen-bond acceptors (Lipinski definition) is 3. The maximum atomic E-state index is 14.0. The largest absolute Gasteiger partial charge is 0.370 e. The third-order valence-electron chi connectivity index (χ3n) is 4.01. The Morgan fingerprint density at radius 2 is 2.21 bits per heavy atom. The second-order valence-electron chi connectivity index (χ2n) is 5.63. The van der Waals surface area contributed by atoms with Crippen LogP contribution in [-0.4, -0.2) is 38.1 Å². The second kappa shape index (κ2) is 5.88. The Morgan fingerprint density at radius 1 is 1.47 bits per heavy atom. The van der Waals surface area contributed by atoms with Gasteiger partial charge in [0.2, 0.25) is 0 Å². The van der Waals surface area contributed by atoms with Gasteiger partial charge in [0, 0.05) is 36.9 Å². The number of benzene rings is 1. The van der Waals surface area contributed by atoms with E-state index < -0.39 is 0 Å². The van der Waals surface area contributed by atoms with Crippen molar-refractivity contribution in [1.29, 1.82) is 0 Å². The first-order valence-corrected chi connectivity index (χ1v) is 6.96. The Labute approximate surface area is 115 Å². The van der Waals surface area contributed by atoms with Gasteiger partial charge in [-0.15, -0.1) is 0 Å². The van der Waals surface area contributed by atoms with E-state index in [9.17, 15) is 4.39 Å². The zero-order valence-electron chi connectivity index (χ0n) is 12.1. The highest BCUT2D eigenvalue weighted by atomic mass is 19.1. The van der Waals surface area contributed by atoms with E-state index in [0.717, 1.165) is 25.2 Å². The Kier molecular flexibility index (Phi) is 4.42. The molecule has 1 unspecified atom stereocenters. The summed E-state index contributed by atoms with van der Waals surface area (Å²) in [7, 11) is 4.18. The molecule has 1 aliphatic heterocycles. The molecule has 0 saturated carbocycles. The molecule has 0 amide bonds. The topological polar surface area (TPSA) is 32.5 Å². The van der Waals surface area contributed by atoms with Gasteiger partial charge in [-0.1, -0.05) is 6.07 Å². The van der Waals surface area contributed by atoms with Gasteiger partial charge < -0.3 is 15.5 Å². The van der Waals surface area contributed by atoms with Crippen LogP contribution in [-0.2, 0) is 0 Å². The van der Waals surface area contributed by atoms with Crippen LogP contribution in [0.5, 0.6) is 0 Å². The lowest BCUT2D eigenvalue weighted by molar-refractivity contribution is 0.247. The van der Waals surface area contributed by atoms with Gasteiger partial charge in [-0.05, 0) is 45.5 Å². The van der Waals surface area contributed by atoms with Crippen LogP contribution >= 0.6 is 0 Å². The third-order valence-corrected chi connectivity index (χ3v) is 4.01. The maximum Gasteiger partial charge on any atom is 0.130 e. The molecule has 2 N–H and O–H groups in total. The highest BCUT2D eigenvalue weighted by molar-refractivity contribution is 5.55. The Balaban J connectivity index is 2.28. The molecule has 1 aromatic carbocycles. The Bertz CT molecular complexity index is 433. The summed E-state index contributed by atoms with van der Waals surface area (Å²) in [5.41, 5.74) is 7.48. The molecule has 2 atom stereocenters. The van der Waals surface area contributed by atoms with Gasteiger partial charge in [0.1, 0.15) is 5.82 Å². The van der Waals surface area contributed by atoms with Crippen molar-refractivity contribution < 1.29 is 4.39 Å². The van der Waals surface area contributed by atoms with Crippen molar-refractivity contribution in [3.05, 3.63) is 29.6 Å². The van der Waals surface area contributed by atoms with Crippen molar-refractivity contribution in [2.75, 3.05) is 32.1 Å². The van der Waals surface area contributed by atoms with E-state index in [2.05, 4.69) is 16.8 Å². The molecule has 1 aromatic rings. The van der Waals surface area contributed by atoms with Gasteiger partial charge in [-0.2, -0.15) is 0 Å². The normalized spacial score (nSPS) is 22.3. The van der Waals surface area contributed by atoms with Gasteiger partial charge in [0.25, 0.3) is 0 Å². The van der Waals surface area contributed by atoms with Crippen molar-refractivity contribution in [3.8, 4) is 0 Å². The van der Waals surface area contributed by atoms with E-state index >= 15 is 0 Å². The number of likely N-dealkylation sites (N-methyl/N-ethyl adjacent to an activating group) is 2. The molecule has 1 saturated heterocycles. The molecule has 2 rings (SSSR count). The van der Waals surface area contributed by atoms with Crippen LogP contribution in [0.15, 0.2) is 18.2 Å². The molecule has 0 aromatic heterocycles. The smallest absolute Gasteiger partial charge is 0.130 e. The predicted molar refractivity (Wildman–Crippen MR) is 77.9 cm³/mol. The minimum Gasteiger partial charge on any atom is -0.370 e. The molecule has 4 heteroatoms. The van der Waals surface area contributed by atoms with Crippen LogP contribution in [0.3, 0.4) is 0 Å². The van der Waals surface area contributed by atoms with Gasteiger partial charge in [-0.3, -0.25) is 0 Å². The zero-order valence-corrected chi connectivity index (χ0v) is 12.1. The summed E-state index contributed by atoms with van der Waals surface area (Å²) in [6.07, 6.45) is 2.34. The number of anilines is 1. The van der Waals surface area contributed by atoms with E-state index in [0.29, 0.717) is 11.6 Å². The molecule has 106 valence electrons. The summed E-state index contributed by atoms with van der Waals surface area (Å²) < 4.78 is 14.0. The minimum atomic E-state index is -0.292. The number of halogens is 1. The number of likely N-dealkylation sites (tertiary alicyclic amines) is 1. The van der Waals surface area contributed by atoms with Crippen molar-refractivity contribution >= 4 is 5.69 Å². The van der Waals surface area contributed by atoms with E-state index in [1.165, 1.54) is 12.5 Å². The number of nitrogens with two attached hydrogens (primary N) is 1. The van der Waals surface area contributed by atoms with Crippen LogP contribution < -0.4 is 10.6 Å². The van der Waals surface area contributed by atoms with Crippen molar-refractivity contribution in [3.63, 3.8) is 0 Å². The van der Waals surface area contributed by atoms with Gasteiger partial charge in [-0.25, -0.2) is 4.39 Å². The fourth-order valence-electron chi connectivity index (χ4n) is 2.94. The lowest BCUT2D eigenvalue weighted by Crippen LogP contribution is -2.45. The molecule has 0 aliphatic carbocycles. The molecule has 1 heterocycles. The molecule has 0 bridgehead atoms. The average Bonchev–Trinajstić information content (AvgIpc) is 2.37. The third kappa shape index (κ3) is 3.07. The first-order chi connectivity index (χ1) is 9.00. The van der Waals surface area contributed by atoms with Crippen molar-refractivity contribution in [1.82, 2.24) is 4.90 Å². The lowest BCUT2D eigenvalue weighted by Gasteiger charge is -2.38. The summed E-state index contributed by atoms with van der Waals surface area (Å²) in [6.45, 7) is 4.00. The number of piperidine rings is 1. The molecule has 1 aliphatic rings. The minimum absolute atomic E-state index is 0.205. The first kappa shape index (κ1) is 14.3. The van der Waals surface area contributed by atoms with Gasteiger partial charge in [0.05, 0.1) is 0 Å². The fraction of sp³-hybridized carbons (Fsp3) is 0.600. The second-order valence-corrected chi connectivity index (χ2v) is 5.63. The van der Waals surface area contributed by atoms with Crippen LogP contribution in [0.4, 0.5) is 10.1 Å². The first-order valence-electron chi connectivity index (χ1n) is 6.96. The van der Waals surface area contributed by atoms with Crippen LogP contribution in [0.2, 0.25) is 0 Å². The molecule has 3 nitrogen and oxygen atoms in total. The number of rotatable bonds is 3. The zero-order chi connectivity index (χ0) is 14.0. The van der Waals surface area contributed by atoms with Crippen molar-refractivity contribution in [2.45, 2.75) is 31.8 Å². The molecule has 1 fully saturated rings. The highest BCUT2D eigenvalue weighted by Gasteiger charge is 2.24. The summed E-state index contributed by atoms with van der Waals surface area (Å²) in [5.74, 6) is -0.205. The quantitative estimate of drug-likeness (QED) is 0.910. The predicted octanol–water partition coefficient (Wildman–Crippen LogP) is 2.38. The average molecular weight is 265 g/mol. The van der Waals surface area contributed by atoms with E-state index in [1.54, 1.807) is 6.07 Å². The fourth-order valence-corrected chi connectivity index (χ4v) is 2.94. The standard InChI is InChI=1S/C15H24FN3/c1-11(17)15-13(16)7-4-8-14(15)19(3)12-6-5-9-18(2)10-12/h4,7-8,11-12H,5-6,9-10,17H2,1-3H3/t11-,12?/m0/s1. The molecular weight excluding hydrogens is 241 g/mol. The summed E-state index contributed by atoms with van der Waals surface area (Å²) >= 11 is 0. The lowest BCUT2D eigenvalue weighted by atomic mass is 10.0. The number of nitrogens with zero attached hydrogens (tertiary/aromatic N) is 2. The van der Waals surface area contributed by atoms with E-state index in [-0.39, 0.29) is 11.9 Å². The van der Waals surface area contributed by atoms with E-state index in [4.69, 9.17) is 5.73 Å². The summed E-state index contributed by atoms with van der Waals surface area (Å²) in [5, 5.41) is 0. The SMILES string of the molecule is C[C@H](N)c1c(F)cccc1N(C)C1CCCN(C)C1. The summed E-state index contributed by atoms with van der Waals surface area (Å²) in [6, 6.07) is 5.36. The molecule has 19 heavy (non-hydrogen) atoms. The van der Waals surface area contributed by atoms with Crippen LogP contribution in [0.1, 0.15) is 31.4 Å². The Morgan fingerprint density at radius 3 is 2.84 bits per heavy atom. The maximum absolute atomic E-state index is 14.0. The number of hydrogen-bond donors (Lipinski definition) is 1. The monoisotopic (exact) mass is 265 g/mol. The van der Waals surface area contributed by atoms with E-state index in [1.807, 2.05) is 20.0 Å². The Hall–Kier alpha value is -1.13. The summed E-state index contributed by atoms with van der Waals surface area (Å²) in [4.78, 5) is 4.52. The molecular formula is C15H24FN3. The highest BCUT2D eigenvalue weighted by Crippen LogP contribution is 2.30. The van der Waals surface area contributed by atoms with Crippen LogP contribution in [0.25, 0.3) is 0 Å². The molecule has 0 radical (unpaired) electrons. The van der Waals surface area contributed by atoms with Crippen molar-refractivity contribution in [2.24, 2.45) is 5.73 Å². The van der Waals surface area contributed by atoms with Crippen LogP contribution in [0, 0.1) is 5.82 Å². The van der Waals surface area contributed by atoms with Gasteiger partial charge >= 0.3 is 0 Å². The van der Waals surface area contributed by atoms with Gasteiger partial charge in [0.15, 0.2) is 0 Å². The molecule has 0 spiro atoms.